The average Bonchev–Trinajstić information content (AvgIpc) is 2.97. The van der Waals surface area contributed by atoms with Crippen LogP contribution in [-0.2, 0) is 14.3 Å². The number of nitrogens with zero attached hydrogens (tertiary/aromatic N) is 2. The second-order valence-corrected chi connectivity index (χ2v) is 7.95. The molecule has 0 aromatic heterocycles. The fourth-order valence-electron chi connectivity index (χ4n) is 4.32. The zero-order chi connectivity index (χ0) is 16.7. The molecular formula is C16H27N3O4. The predicted molar refractivity (Wildman–Crippen MR) is 84.0 cm³/mol. The highest BCUT2D eigenvalue weighted by molar-refractivity contribution is 5.92. The number of carbonyl (C=O) groups is 2. The molecule has 7 heteroatoms. The van der Waals surface area contributed by atoms with E-state index < -0.39 is 17.3 Å². The first-order chi connectivity index (χ1) is 10.8. The number of ether oxygens (including phenoxy) is 1. The second-order valence-electron chi connectivity index (χ2n) is 7.95. The predicted octanol–water partition coefficient (Wildman–Crippen LogP) is -0.523. The van der Waals surface area contributed by atoms with Crippen molar-refractivity contribution in [2.24, 2.45) is 16.7 Å². The van der Waals surface area contributed by atoms with Crippen LogP contribution in [0, 0.1) is 16.7 Å². The Labute approximate surface area is 136 Å². The molecule has 0 saturated carbocycles. The highest BCUT2D eigenvalue weighted by Gasteiger charge is 2.59. The van der Waals surface area contributed by atoms with Crippen LogP contribution < -0.4 is 5.32 Å². The summed E-state index contributed by atoms with van der Waals surface area (Å²) < 4.78 is 5.39. The van der Waals surface area contributed by atoms with E-state index in [0.29, 0.717) is 13.1 Å². The molecule has 0 bridgehead atoms. The molecule has 3 saturated heterocycles. The van der Waals surface area contributed by atoms with Crippen LogP contribution in [0.15, 0.2) is 0 Å². The van der Waals surface area contributed by atoms with E-state index in [0.717, 1.165) is 39.4 Å². The number of fused-ring (bicyclic) bond motifs is 1. The van der Waals surface area contributed by atoms with Crippen LogP contribution >= 0.6 is 0 Å². The number of amides is 1. The zero-order valence-electron chi connectivity index (χ0n) is 14.0. The molecule has 0 aromatic carbocycles. The van der Waals surface area contributed by atoms with Gasteiger partial charge < -0.3 is 20.1 Å². The van der Waals surface area contributed by atoms with E-state index in [4.69, 9.17) is 4.74 Å². The van der Waals surface area contributed by atoms with Gasteiger partial charge in [0.25, 0.3) is 0 Å². The molecule has 3 rings (SSSR count). The van der Waals surface area contributed by atoms with E-state index in [9.17, 15) is 14.7 Å². The maximum Gasteiger partial charge on any atom is 0.313 e. The highest BCUT2D eigenvalue weighted by Crippen LogP contribution is 2.41. The average molecular weight is 325 g/mol. The lowest BCUT2D eigenvalue weighted by Crippen LogP contribution is -2.47. The van der Waals surface area contributed by atoms with Crippen molar-refractivity contribution in [3.05, 3.63) is 0 Å². The van der Waals surface area contributed by atoms with Crippen LogP contribution in [0.5, 0.6) is 0 Å². The summed E-state index contributed by atoms with van der Waals surface area (Å²) in [6.07, 6.45) is 0. The van der Waals surface area contributed by atoms with Gasteiger partial charge in [-0.15, -0.1) is 0 Å². The SMILES string of the molecule is CC(C)(CN1CCOCC1)CN1C[C@@H]2C(=O)NC[C@]2(C(=O)O)C1. The maximum absolute atomic E-state index is 12.0. The number of carboxylic acid groups (broad SMARTS) is 1. The fourth-order valence-corrected chi connectivity index (χ4v) is 4.32. The first kappa shape index (κ1) is 16.7. The van der Waals surface area contributed by atoms with Crippen molar-refractivity contribution in [1.82, 2.24) is 15.1 Å². The van der Waals surface area contributed by atoms with E-state index >= 15 is 0 Å². The number of likely N-dealkylation sites (tertiary alicyclic amines) is 1. The quantitative estimate of drug-likeness (QED) is 0.708. The molecule has 2 N–H and O–H groups in total. The Morgan fingerprint density at radius 1 is 1.35 bits per heavy atom. The Bertz CT molecular complexity index is 490. The molecule has 3 aliphatic heterocycles. The van der Waals surface area contributed by atoms with Gasteiger partial charge in [-0.25, -0.2) is 0 Å². The molecule has 0 spiro atoms. The van der Waals surface area contributed by atoms with Crippen LogP contribution in [0.3, 0.4) is 0 Å². The zero-order valence-corrected chi connectivity index (χ0v) is 14.0. The van der Waals surface area contributed by atoms with E-state index in [1.807, 2.05) is 0 Å². The van der Waals surface area contributed by atoms with Crippen molar-refractivity contribution >= 4 is 11.9 Å². The first-order valence-corrected chi connectivity index (χ1v) is 8.36. The number of morpholine rings is 1. The minimum atomic E-state index is -0.938. The summed E-state index contributed by atoms with van der Waals surface area (Å²) in [7, 11) is 0. The molecule has 0 aromatic rings. The summed E-state index contributed by atoms with van der Waals surface area (Å²) >= 11 is 0. The van der Waals surface area contributed by atoms with E-state index in [1.165, 1.54) is 0 Å². The Morgan fingerprint density at radius 2 is 2.00 bits per heavy atom. The fraction of sp³-hybridized carbons (Fsp3) is 0.875. The third kappa shape index (κ3) is 3.22. The normalized spacial score (nSPS) is 32.8. The van der Waals surface area contributed by atoms with E-state index in [1.54, 1.807) is 0 Å². The molecule has 0 radical (unpaired) electrons. The summed E-state index contributed by atoms with van der Waals surface area (Å²) in [6, 6.07) is 0. The van der Waals surface area contributed by atoms with Gasteiger partial charge in [0, 0.05) is 45.8 Å². The lowest BCUT2D eigenvalue weighted by molar-refractivity contribution is -0.149. The van der Waals surface area contributed by atoms with Crippen LogP contribution in [0.25, 0.3) is 0 Å². The number of rotatable bonds is 5. The topological polar surface area (TPSA) is 82.1 Å². The molecule has 23 heavy (non-hydrogen) atoms. The van der Waals surface area contributed by atoms with Crippen molar-refractivity contribution in [2.45, 2.75) is 13.8 Å². The van der Waals surface area contributed by atoms with Crippen molar-refractivity contribution < 1.29 is 19.4 Å². The largest absolute Gasteiger partial charge is 0.481 e. The van der Waals surface area contributed by atoms with Crippen LogP contribution in [0.2, 0.25) is 0 Å². The Kier molecular flexibility index (Phi) is 4.37. The number of carboxylic acids is 1. The van der Waals surface area contributed by atoms with Crippen LogP contribution in [-0.4, -0.2) is 85.8 Å². The number of nitrogens with one attached hydrogen (secondary N) is 1. The van der Waals surface area contributed by atoms with Gasteiger partial charge in [0.15, 0.2) is 0 Å². The first-order valence-electron chi connectivity index (χ1n) is 8.36. The summed E-state index contributed by atoms with van der Waals surface area (Å²) in [5.41, 5.74) is -0.891. The van der Waals surface area contributed by atoms with Gasteiger partial charge in [-0.2, -0.15) is 0 Å². The van der Waals surface area contributed by atoms with Crippen molar-refractivity contribution in [2.75, 3.05) is 59.0 Å². The molecule has 0 aliphatic carbocycles. The van der Waals surface area contributed by atoms with Gasteiger partial charge in [-0.3, -0.25) is 14.5 Å². The highest BCUT2D eigenvalue weighted by atomic mass is 16.5. The van der Waals surface area contributed by atoms with Gasteiger partial charge in [0.1, 0.15) is 5.41 Å². The molecule has 130 valence electrons. The summed E-state index contributed by atoms with van der Waals surface area (Å²) in [6.45, 7) is 10.9. The van der Waals surface area contributed by atoms with Gasteiger partial charge in [0.05, 0.1) is 19.1 Å². The second kappa shape index (κ2) is 6.03. The Morgan fingerprint density at radius 3 is 2.61 bits per heavy atom. The van der Waals surface area contributed by atoms with Crippen molar-refractivity contribution in [3.8, 4) is 0 Å². The summed E-state index contributed by atoms with van der Waals surface area (Å²) in [5, 5.41) is 12.4. The number of aliphatic carboxylic acids is 1. The lowest BCUT2D eigenvalue weighted by Gasteiger charge is -2.37. The third-order valence-corrected chi connectivity index (χ3v) is 5.34. The van der Waals surface area contributed by atoms with E-state index in [-0.39, 0.29) is 17.9 Å². The molecule has 1 amide bonds. The smallest absolute Gasteiger partial charge is 0.313 e. The molecule has 3 aliphatic rings. The minimum absolute atomic E-state index is 0.0478. The molecule has 2 atom stereocenters. The Hall–Kier alpha value is -1.18. The summed E-state index contributed by atoms with van der Waals surface area (Å²) in [5.74, 6) is -1.38. The maximum atomic E-state index is 12.0. The standard InChI is InChI=1S/C16H27N3O4/c1-15(2,9-18-3-5-23-6-4-18)10-19-7-12-13(20)17-8-16(12,11-19)14(21)22/h12H,3-11H2,1-2H3,(H,17,20)(H,21,22)/t12-,16+/m1/s1. The molecular weight excluding hydrogens is 298 g/mol. The molecule has 3 heterocycles. The minimum Gasteiger partial charge on any atom is -0.481 e. The molecule has 0 unspecified atom stereocenters. The van der Waals surface area contributed by atoms with Crippen LogP contribution in [0.1, 0.15) is 13.8 Å². The lowest BCUT2D eigenvalue weighted by atomic mass is 9.81. The van der Waals surface area contributed by atoms with Crippen LogP contribution in [0.4, 0.5) is 0 Å². The summed E-state index contributed by atoms with van der Waals surface area (Å²) in [4.78, 5) is 28.3. The van der Waals surface area contributed by atoms with Gasteiger partial charge >= 0.3 is 5.97 Å². The molecule has 3 fully saturated rings. The van der Waals surface area contributed by atoms with E-state index in [2.05, 4.69) is 29.0 Å². The van der Waals surface area contributed by atoms with Gasteiger partial charge in [0.2, 0.25) is 5.91 Å². The van der Waals surface area contributed by atoms with Gasteiger partial charge in [-0.1, -0.05) is 13.8 Å². The molecule has 7 nitrogen and oxygen atoms in total. The third-order valence-electron chi connectivity index (χ3n) is 5.34. The van der Waals surface area contributed by atoms with Crippen molar-refractivity contribution in [1.29, 1.82) is 0 Å². The number of carbonyl (C=O) groups excluding carboxylic acids is 1. The van der Waals surface area contributed by atoms with Gasteiger partial charge in [-0.05, 0) is 5.41 Å². The number of hydrogen-bond donors (Lipinski definition) is 2. The van der Waals surface area contributed by atoms with Crippen molar-refractivity contribution in [3.63, 3.8) is 0 Å². The Balaban J connectivity index is 1.62. The monoisotopic (exact) mass is 325 g/mol. The number of hydrogen-bond acceptors (Lipinski definition) is 5.